The lowest BCUT2D eigenvalue weighted by molar-refractivity contribution is -0.109. The number of pyridine rings is 1. The van der Waals surface area contributed by atoms with Crippen molar-refractivity contribution in [3.63, 3.8) is 0 Å². The number of nitrogen functional groups attached to an aromatic ring is 1. The number of nitrogens with two attached hydrogens (primary N) is 1. The van der Waals surface area contributed by atoms with Gasteiger partial charge in [-0.3, -0.25) is 4.90 Å². The fourth-order valence-corrected chi connectivity index (χ4v) is 4.28. The molecule has 32 heavy (non-hydrogen) atoms. The number of carbonyl (C=O) groups is 1. The van der Waals surface area contributed by atoms with E-state index in [9.17, 15) is 4.79 Å². The third-order valence-corrected chi connectivity index (χ3v) is 6.37. The van der Waals surface area contributed by atoms with Crippen LogP contribution in [0.5, 0.6) is 0 Å². The van der Waals surface area contributed by atoms with Crippen LogP contribution in [-0.4, -0.2) is 60.3 Å². The van der Waals surface area contributed by atoms with Gasteiger partial charge in [0, 0.05) is 49.9 Å². The number of rotatable bonds is 8. The van der Waals surface area contributed by atoms with Crippen molar-refractivity contribution in [2.75, 3.05) is 45.0 Å². The van der Waals surface area contributed by atoms with E-state index in [-0.39, 0.29) is 5.92 Å². The topological polar surface area (TPSA) is 62.5 Å². The third kappa shape index (κ3) is 5.94. The second kappa shape index (κ2) is 10.7. The lowest BCUT2D eigenvalue weighted by atomic mass is 10.00. The molecular weight excluding hydrogens is 420 g/mol. The molecule has 0 bridgehead atoms. The highest BCUT2D eigenvalue weighted by atomic mass is 35.5. The van der Waals surface area contributed by atoms with Crippen LogP contribution in [0.15, 0.2) is 66.7 Å². The van der Waals surface area contributed by atoms with E-state index in [0.717, 1.165) is 68.8 Å². The van der Waals surface area contributed by atoms with Gasteiger partial charge in [-0.2, -0.15) is 0 Å². The second-order valence-electron chi connectivity index (χ2n) is 8.33. The molecule has 6 heteroatoms. The van der Waals surface area contributed by atoms with Crippen LogP contribution in [0.3, 0.4) is 0 Å². The average Bonchev–Trinajstić information content (AvgIpc) is 2.83. The van der Waals surface area contributed by atoms with E-state index < -0.39 is 0 Å². The van der Waals surface area contributed by atoms with Crippen molar-refractivity contribution < 1.29 is 4.79 Å². The number of nitrogens with zero attached hydrogens (tertiary/aromatic N) is 3. The number of benzene rings is 2. The molecule has 1 unspecified atom stereocenters. The first kappa shape index (κ1) is 22.5. The lowest BCUT2D eigenvalue weighted by Gasteiger charge is -2.35. The fraction of sp³-hybridized carbons (Fsp3) is 0.308. The third-order valence-electron chi connectivity index (χ3n) is 6.12. The fourth-order valence-electron chi connectivity index (χ4n) is 4.15. The summed E-state index contributed by atoms with van der Waals surface area (Å²) >= 11 is 5.97. The number of aromatic nitrogens is 1. The standard InChI is InChI=1S/C26H29ClN4O/c27-24-10-8-21(9-11-24)23(19-32)18-31-16-14-30(15-17-31)13-12-20-4-6-22(7-5-20)25-2-1-3-26(28)29-25/h1-11,19,23H,12-18H2,(H2,28,29). The van der Waals surface area contributed by atoms with Crippen LogP contribution in [0.25, 0.3) is 11.3 Å². The molecule has 5 nitrogen and oxygen atoms in total. The summed E-state index contributed by atoms with van der Waals surface area (Å²) in [7, 11) is 0. The Morgan fingerprint density at radius 2 is 1.62 bits per heavy atom. The molecule has 0 spiro atoms. The zero-order valence-corrected chi connectivity index (χ0v) is 18.9. The zero-order valence-electron chi connectivity index (χ0n) is 18.2. The van der Waals surface area contributed by atoms with E-state index in [2.05, 4.69) is 39.0 Å². The number of halogens is 1. The zero-order chi connectivity index (χ0) is 22.3. The minimum absolute atomic E-state index is 0.105. The van der Waals surface area contributed by atoms with E-state index in [1.807, 2.05) is 36.4 Å². The number of carbonyl (C=O) groups excluding carboxylic acids is 1. The Labute approximate surface area is 194 Å². The summed E-state index contributed by atoms with van der Waals surface area (Å²) in [4.78, 5) is 20.9. The Morgan fingerprint density at radius 1 is 0.938 bits per heavy atom. The molecule has 2 heterocycles. The first-order valence-electron chi connectivity index (χ1n) is 11.1. The highest BCUT2D eigenvalue weighted by Gasteiger charge is 2.20. The van der Waals surface area contributed by atoms with Gasteiger partial charge in [-0.1, -0.05) is 54.1 Å². The average molecular weight is 449 g/mol. The van der Waals surface area contributed by atoms with Gasteiger partial charge >= 0.3 is 0 Å². The van der Waals surface area contributed by atoms with Gasteiger partial charge in [0.2, 0.25) is 0 Å². The van der Waals surface area contributed by atoms with E-state index in [4.69, 9.17) is 17.3 Å². The number of hydrogen-bond acceptors (Lipinski definition) is 5. The van der Waals surface area contributed by atoms with Gasteiger partial charge < -0.3 is 15.4 Å². The van der Waals surface area contributed by atoms with Crippen molar-refractivity contribution in [1.82, 2.24) is 14.8 Å². The van der Waals surface area contributed by atoms with Gasteiger partial charge in [0.25, 0.3) is 0 Å². The predicted octanol–water partition coefficient (Wildman–Crippen LogP) is 4.13. The molecule has 2 N–H and O–H groups in total. The Bertz CT molecular complexity index is 1010. The van der Waals surface area contributed by atoms with Gasteiger partial charge in [0.1, 0.15) is 12.1 Å². The van der Waals surface area contributed by atoms with Crippen LogP contribution < -0.4 is 5.73 Å². The SMILES string of the molecule is Nc1cccc(-c2ccc(CCN3CCN(CC(C=O)c4ccc(Cl)cc4)CC3)cc2)n1. The molecule has 1 aliphatic rings. The van der Waals surface area contributed by atoms with Gasteiger partial charge in [0.15, 0.2) is 0 Å². The normalized spacial score (nSPS) is 16.0. The molecular formula is C26H29ClN4O. The summed E-state index contributed by atoms with van der Waals surface area (Å²) in [5.74, 6) is 0.435. The van der Waals surface area contributed by atoms with Crippen molar-refractivity contribution >= 4 is 23.7 Å². The molecule has 166 valence electrons. The molecule has 0 amide bonds. The van der Waals surface area contributed by atoms with Crippen molar-refractivity contribution in [3.05, 3.63) is 82.9 Å². The minimum Gasteiger partial charge on any atom is -0.384 e. The molecule has 1 aromatic heterocycles. The van der Waals surface area contributed by atoms with E-state index >= 15 is 0 Å². The first-order chi connectivity index (χ1) is 15.6. The lowest BCUT2D eigenvalue weighted by Crippen LogP contribution is -2.48. The van der Waals surface area contributed by atoms with Crippen LogP contribution in [-0.2, 0) is 11.2 Å². The summed E-state index contributed by atoms with van der Waals surface area (Å²) < 4.78 is 0. The molecule has 0 aliphatic carbocycles. The van der Waals surface area contributed by atoms with Crippen molar-refractivity contribution in [3.8, 4) is 11.3 Å². The van der Waals surface area contributed by atoms with Gasteiger partial charge in [-0.25, -0.2) is 4.98 Å². The van der Waals surface area contributed by atoms with Crippen LogP contribution in [0.1, 0.15) is 17.0 Å². The summed E-state index contributed by atoms with van der Waals surface area (Å²) in [5, 5.41) is 0.697. The van der Waals surface area contributed by atoms with Crippen molar-refractivity contribution in [1.29, 1.82) is 0 Å². The maximum atomic E-state index is 11.6. The smallest absolute Gasteiger partial charge is 0.128 e. The molecule has 1 fully saturated rings. The molecule has 1 saturated heterocycles. The Hall–Kier alpha value is -2.73. The summed E-state index contributed by atoms with van der Waals surface area (Å²) in [6.45, 7) is 5.82. The largest absolute Gasteiger partial charge is 0.384 e. The summed E-state index contributed by atoms with van der Waals surface area (Å²) in [6, 6.07) is 21.9. The highest BCUT2D eigenvalue weighted by molar-refractivity contribution is 6.30. The maximum Gasteiger partial charge on any atom is 0.128 e. The maximum absolute atomic E-state index is 11.6. The van der Waals surface area contributed by atoms with Crippen LogP contribution in [0.4, 0.5) is 5.82 Å². The van der Waals surface area contributed by atoms with Crippen molar-refractivity contribution in [2.24, 2.45) is 0 Å². The minimum atomic E-state index is -0.105. The Morgan fingerprint density at radius 3 is 2.28 bits per heavy atom. The van der Waals surface area contributed by atoms with E-state index in [1.165, 1.54) is 5.56 Å². The Balaban J connectivity index is 1.23. The quantitative estimate of drug-likeness (QED) is 0.525. The van der Waals surface area contributed by atoms with E-state index in [0.29, 0.717) is 10.8 Å². The number of aldehydes is 1. The van der Waals surface area contributed by atoms with Gasteiger partial charge in [-0.05, 0) is 41.8 Å². The molecule has 1 atom stereocenters. The number of piperazine rings is 1. The van der Waals surface area contributed by atoms with Crippen LogP contribution in [0.2, 0.25) is 5.02 Å². The highest BCUT2D eigenvalue weighted by Crippen LogP contribution is 2.20. The Kier molecular flexibility index (Phi) is 7.53. The van der Waals surface area contributed by atoms with Gasteiger partial charge in [0.05, 0.1) is 11.6 Å². The number of hydrogen-bond donors (Lipinski definition) is 1. The summed E-state index contributed by atoms with van der Waals surface area (Å²) in [6.07, 6.45) is 2.07. The molecule has 0 saturated carbocycles. The first-order valence-corrected chi connectivity index (χ1v) is 11.5. The molecule has 2 aromatic carbocycles. The van der Waals surface area contributed by atoms with Crippen molar-refractivity contribution in [2.45, 2.75) is 12.3 Å². The monoisotopic (exact) mass is 448 g/mol. The molecule has 4 rings (SSSR count). The van der Waals surface area contributed by atoms with E-state index in [1.54, 1.807) is 6.07 Å². The predicted molar refractivity (Wildman–Crippen MR) is 131 cm³/mol. The number of anilines is 1. The molecule has 3 aromatic rings. The second-order valence-corrected chi connectivity index (χ2v) is 8.77. The van der Waals surface area contributed by atoms with Crippen LogP contribution >= 0.6 is 11.6 Å². The van der Waals surface area contributed by atoms with Gasteiger partial charge in [-0.15, -0.1) is 0 Å². The molecule has 1 aliphatic heterocycles. The summed E-state index contributed by atoms with van der Waals surface area (Å²) in [5.41, 5.74) is 10.1. The molecule has 0 radical (unpaired) electrons. The van der Waals surface area contributed by atoms with Crippen LogP contribution in [0, 0.1) is 0 Å².